The van der Waals surface area contributed by atoms with Crippen molar-refractivity contribution in [1.29, 1.82) is 0 Å². The molecule has 0 radical (unpaired) electrons. The van der Waals surface area contributed by atoms with Gasteiger partial charge < -0.3 is 10.6 Å². The Hall–Kier alpha value is -2.14. The summed E-state index contributed by atoms with van der Waals surface area (Å²) in [4.78, 5) is 28.5. The third-order valence-electron chi connectivity index (χ3n) is 4.51. The number of anilines is 1. The number of hydrogen-bond donors (Lipinski definition) is 1. The first-order valence-corrected chi connectivity index (χ1v) is 9.17. The Morgan fingerprint density at radius 1 is 1.33 bits per heavy atom. The van der Waals surface area contributed by atoms with Crippen LogP contribution in [-0.4, -0.2) is 18.4 Å². The van der Waals surface area contributed by atoms with E-state index in [0.717, 1.165) is 41.8 Å². The third-order valence-corrected chi connectivity index (χ3v) is 5.59. The fourth-order valence-electron chi connectivity index (χ4n) is 3.34. The molecule has 3 rings (SSSR count). The molecule has 1 aliphatic rings. The van der Waals surface area contributed by atoms with Gasteiger partial charge in [-0.15, -0.1) is 11.3 Å². The van der Waals surface area contributed by atoms with Crippen LogP contribution in [0.5, 0.6) is 0 Å². The van der Waals surface area contributed by atoms with Gasteiger partial charge in [0.05, 0.1) is 4.88 Å². The standard InChI is InChI=1S/C19H22N2O2S/c1-3-6-13-11-17(24-12(13)2)19(23)21-10-5-8-14-15(18(20)22)7-4-9-16(14)21/h4,7,9,11H,3,5-6,8,10H2,1-2H3,(H2,20,22). The maximum atomic E-state index is 13.0. The average molecular weight is 342 g/mol. The fourth-order valence-corrected chi connectivity index (χ4v) is 4.36. The molecule has 1 aromatic heterocycles. The summed E-state index contributed by atoms with van der Waals surface area (Å²) in [6.07, 6.45) is 3.69. The van der Waals surface area contributed by atoms with E-state index >= 15 is 0 Å². The number of nitrogens with zero attached hydrogens (tertiary/aromatic N) is 1. The molecule has 126 valence electrons. The van der Waals surface area contributed by atoms with Crippen LogP contribution in [0.1, 0.15) is 55.8 Å². The van der Waals surface area contributed by atoms with Crippen LogP contribution < -0.4 is 10.6 Å². The number of primary amides is 1. The zero-order valence-electron chi connectivity index (χ0n) is 14.1. The smallest absolute Gasteiger partial charge is 0.268 e. The third kappa shape index (κ3) is 2.96. The predicted octanol–water partition coefficient (Wildman–Crippen LogP) is 3.70. The first-order valence-electron chi connectivity index (χ1n) is 8.35. The summed E-state index contributed by atoms with van der Waals surface area (Å²) in [5.74, 6) is -0.411. The summed E-state index contributed by atoms with van der Waals surface area (Å²) in [6.45, 7) is 4.89. The van der Waals surface area contributed by atoms with Crippen molar-refractivity contribution in [3.8, 4) is 0 Å². The Bertz CT molecular complexity index is 795. The topological polar surface area (TPSA) is 63.4 Å². The van der Waals surface area contributed by atoms with Crippen LogP contribution in [0.3, 0.4) is 0 Å². The monoisotopic (exact) mass is 342 g/mol. The molecule has 2 N–H and O–H groups in total. The second kappa shape index (κ2) is 6.77. The van der Waals surface area contributed by atoms with Gasteiger partial charge in [-0.05, 0) is 55.5 Å². The van der Waals surface area contributed by atoms with Crippen LogP contribution in [-0.2, 0) is 12.8 Å². The van der Waals surface area contributed by atoms with Gasteiger partial charge in [-0.1, -0.05) is 19.4 Å². The maximum absolute atomic E-state index is 13.0. The van der Waals surface area contributed by atoms with Crippen molar-refractivity contribution in [2.75, 3.05) is 11.4 Å². The predicted molar refractivity (Wildman–Crippen MR) is 98.0 cm³/mol. The molecule has 0 fully saturated rings. The molecule has 2 amide bonds. The fraction of sp³-hybridized carbons (Fsp3) is 0.368. The number of amides is 2. The van der Waals surface area contributed by atoms with Gasteiger partial charge in [0.15, 0.2) is 0 Å². The summed E-state index contributed by atoms with van der Waals surface area (Å²) in [5.41, 5.74) is 8.99. The van der Waals surface area contributed by atoms with E-state index in [4.69, 9.17) is 5.73 Å². The average Bonchev–Trinajstić information content (AvgIpc) is 2.94. The summed E-state index contributed by atoms with van der Waals surface area (Å²) >= 11 is 1.56. The second-order valence-electron chi connectivity index (χ2n) is 6.17. The van der Waals surface area contributed by atoms with Gasteiger partial charge in [-0.25, -0.2) is 0 Å². The minimum Gasteiger partial charge on any atom is -0.366 e. The van der Waals surface area contributed by atoms with Crippen LogP contribution in [0.15, 0.2) is 24.3 Å². The van der Waals surface area contributed by atoms with Crippen molar-refractivity contribution in [2.45, 2.75) is 39.5 Å². The van der Waals surface area contributed by atoms with Gasteiger partial charge in [0.25, 0.3) is 5.91 Å². The van der Waals surface area contributed by atoms with E-state index in [1.54, 1.807) is 28.4 Å². The number of nitrogens with two attached hydrogens (primary N) is 1. The van der Waals surface area contributed by atoms with Gasteiger partial charge in [-0.3, -0.25) is 9.59 Å². The van der Waals surface area contributed by atoms with Gasteiger partial charge in [0.1, 0.15) is 0 Å². The number of benzene rings is 1. The molecule has 1 aliphatic heterocycles. The lowest BCUT2D eigenvalue weighted by Crippen LogP contribution is -2.36. The van der Waals surface area contributed by atoms with Gasteiger partial charge in [0.2, 0.25) is 5.91 Å². The Morgan fingerprint density at radius 3 is 2.83 bits per heavy atom. The molecule has 2 aromatic rings. The number of carbonyl (C=O) groups is 2. The summed E-state index contributed by atoms with van der Waals surface area (Å²) < 4.78 is 0. The minimum atomic E-state index is -0.432. The van der Waals surface area contributed by atoms with Gasteiger partial charge in [-0.2, -0.15) is 0 Å². The Balaban J connectivity index is 1.97. The lowest BCUT2D eigenvalue weighted by Gasteiger charge is -2.30. The van der Waals surface area contributed by atoms with E-state index in [0.29, 0.717) is 12.1 Å². The Labute approximate surface area is 146 Å². The van der Waals surface area contributed by atoms with E-state index in [1.165, 1.54) is 10.4 Å². The molecule has 0 unspecified atom stereocenters. The number of hydrogen-bond acceptors (Lipinski definition) is 3. The van der Waals surface area contributed by atoms with Crippen molar-refractivity contribution < 1.29 is 9.59 Å². The highest BCUT2D eigenvalue weighted by Gasteiger charge is 2.27. The molecule has 0 aliphatic carbocycles. The van der Waals surface area contributed by atoms with E-state index in [9.17, 15) is 9.59 Å². The Kier molecular flexibility index (Phi) is 4.71. The molecular formula is C19H22N2O2S. The summed E-state index contributed by atoms with van der Waals surface area (Å²) in [6, 6.07) is 7.47. The molecular weight excluding hydrogens is 320 g/mol. The lowest BCUT2D eigenvalue weighted by molar-refractivity contribution is 0.0980. The zero-order chi connectivity index (χ0) is 17.3. The maximum Gasteiger partial charge on any atom is 0.268 e. The van der Waals surface area contributed by atoms with Crippen LogP contribution >= 0.6 is 11.3 Å². The minimum absolute atomic E-state index is 0.0213. The van der Waals surface area contributed by atoms with Crippen LogP contribution in [0.4, 0.5) is 5.69 Å². The van der Waals surface area contributed by atoms with Crippen LogP contribution in [0, 0.1) is 6.92 Å². The summed E-state index contributed by atoms with van der Waals surface area (Å²) in [5, 5.41) is 0. The number of carbonyl (C=O) groups excluding carboxylic acids is 2. The van der Waals surface area contributed by atoms with E-state index in [-0.39, 0.29) is 5.91 Å². The van der Waals surface area contributed by atoms with Crippen LogP contribution in [0.2, 0.25) is 0 Å². The molecule has 0 saturated heterocycles. The van der Waals surface area contributed by atoms with Crippen molar-refractivity contribution in [2.24, 2.45) is 5.73 Å². The molecule has 1 aromatic carbocycles. The molecule has 0 atom stereocenters. The van der Waals surface area contributed by atoms with Crippen molar-refractivity contribution in [3.05, 3.63) is 50.7 Å². The number of fused-ring (bicyclic) bond motifs is 1. The van der Waals surface area contributed by atoms with Crippen molar-refractivity contribution >= 4 is 28.8 Å². The van der Waals surface area contributed by atoms with E-state index in [1.807, 2.05) is 12.1 Å². The van der Waals surface area contributed by atoms with Gasteiger partial charge in [0, 0.05) is 22.7 Å². The highest BCUT2D eigenvalue weighted by molar-refractivity contribution is 7.14. The molecule has 5 heteroatoms. The zero-order valence-corrected chi connectivity index (χ0v) is 14.9. The van der Waals surface area contributed by atoms with E-state index in [2.05, 4.69) is 13.8 Å². The Morgan fingerprint density at radius 2 is 2.12 bits per heavy atom. The highest BCUT2D eigenvalue weighted by Crippen LogP contribution is 2.33. The quantitative estimate of drug-likeness (QED) is 0.921. The normalized spacial score (nSPS) is 13.7. The molecule has 4 nitrogen and oxygen atoms in total. The van der Waals surface area contributed by atoms with E-state index < -0.39 is 5.91 Å². The summed E-state index contributed by atoms with van der Waals surface area (Å²) in [7, 11) is 0. The number of rotatable bonds is 4. The molecule has 0 spiro atoms. The molecule has 0 saturated carbocycles. The molecule has 24 heavy (non-hydrogen) atoms. The second-order valence-corrected chi connectivity index (χ2v) is 7.43. The largest absolute Gasteiger partial charge is 0.366 e. The molecule has 0 bridgehead atoms. The first kappa shape index (κ1) is 16.7. The lowest BCUT2D eigenvalue weighted by atomic mass is 9.95. The highest BCUT2D eigenvalue weighted by atomic mass is 32.1. The first-order chi connectivity index (χ1) is 11.5. The van der Waals surface area contributed by atoms with Crippen LogP contribution in [0.25, 0.3) is 0 Å². The number of aryl methyl sites for hydroxylation is 2. The number of thiophene rings is 1. The van der Waals surface area contributed by atoms with Crippen molar-refractivity contribution in [1.82, 2.24) is 0 Å². The van der Waals surface area contributed by atoms with Crippen molar-refractivity contribution in [3.63, 3.8) is 0 Å². The molecule has 2 heterocycles. The van der Waals surface area contributed by atoms with Gasteiger partial charge >= 0.3 is 0 Å². The SMILES string of the molecule is CCCc1cc(C(=O)N2CCCc3c(C(N)=O)cccc32)sc1C.